The minimum atomic E-state index is -3.99. The van der Waals surface area contributed by atoms with E-state index in [0.29, 0.717) is 40.5 Å². The Balaban J connectivity index is 1.20. The van der Waals surface area contributed by atoms with Crippen LogP contribution in [0.5, 0.6) is 5.88 Å². The summed E-state index contributed by atoms with van der Waals surface area (Å²) in [5, 5.41) is 14.0. The lowest BCUT2D eigenvalue weighted by Gasteiger charge is -2.31. The summed E-state index contributed by atoms with van der Waals surface area (Å²) in [4.78, 5) is 17.0. The van der Waals surface area contributed by atoms with Crippen molar-refractivity contribution in [2.75, 3.05) is 18.1 Å². The number of fused-ring (bicyclic) bond motifs is 1. The van der Waals surface area contributed by atoms with Gasteiger partial charge in [0, 0.05) is 12.1 Å². The van der Waals surface area contributed by atoms with Crippen molar-refractivity contribution in [1.29, 1.82) is 0 Å². The normalized spacial score (nSPS) is 22.8. The fourth-order valence-electron chi connectivity index (χ4n) is 4.76. The van der Waals surface area contributed by atoms with Gasteiger partial charge in [0.15, 0.2) is 5.03 Å². The molecule has 2 aliphatic heterocycles. The van der Waals surface area contributed by atoms with Gasteiger partial charge in [-0.25, -0.2) is 27.6 Å². The average Bonchev–Trinajstić information content (AvgIpc) is 3.35. The first-order valence-corrected chi connectivity index (χ1v) is 15.6. The van der Waals surface area contributed by atoms with Gasteiger partial charge in [0.1, 0.15) is 17.5 Å². The van der Waals surface area contributed by atoms with E-state index in [-0.39, 0.29) is 41.2 Å². The van der Waals surface area contributed by atoms with Crippen molar-refractivity contribution in [3.05, 3.63) is 39.6 Å². The molecule has 1 saturated heterocycles. The van der Waals surface area contributed by atoms with Crippen LogP contribution in [0.2, 0.25) is 0 Å². The molecule has 200 valence electrons. The summed E-state index contributed by atoms with van der Waals surface area (Å²) in [6.07, 6.45) is 7.91. The van der Waals surface area contributed by atoms with Crippen LogP contribution < -0.4 is 24.5 Å². The molecule has 1 aliphatic carbocycles. The van der Waals surface area contributed by atoms with Gasteiger partial charge in [0.05, 0.1) is 28.7 Å². The number of pyridine rings is 1. The number of rotatable bonds is 7. The first kappa shape index (κ1) is 26.4. The Bertz CT molecular complexity index is 1370. The van der Waals surface area contributed by atoms with E-state index in [0.717, 1.165) is 36.6 Å². The predicted octanol–water partition coefficient (Wildman–Crippen LogP) is 1.16. The fourth-order valence-corrected chi connectivity index (χ4v) is 8.15. The zero-order chi connectivity index (χ0) is 26.0. The van der Waals surface area contributed by atoms with Crippen molar-refractivity contribution in [3.8, 4) is 5.88 Å². The van der Waals surface area contributed by atoms with Crippen LogP contribution in [0.1, 0.15) is 48.9 Å². The smallest absolute Gasteiger partial charge is 0.259 e. The SMILES string of the molecule is O=C(NC1CCC(NS(=O)(=O)C2=c3cnsc3=CCN2O)CC1)c1cc(F)cnc1OC1CCSCC1. The molecule has 0 aromatic carbocycles. The average molecular weight is 570 g/mol. The van der Waals surface area contributed by atoms with Crippen LogP contribution in [0.15, 0.2) is 18.5 Å². The topological polar surface area (TPSA) is 134 Å². The number of hydroxylamine groups is 2. The summed E-state index contributed by atoms with van der Waals surface area (Å²) in [6.45, 7) is 0.0601. The predicted molar refractivity (Wildman–Crippen MR) is 138 cm³/mol. The molecule has 10 nitrogen and oxygen atoms in total. The molecule has 3 N–H and O–H groups in total. The van der Waals surface area contributed by atoms with Crippen molar-refractivity contribution < 1.29 is 27.5 Å². The molecule has 4 heterocycles. The van der Waals surface area contributed by atoms with Crippen LogP contribution in [0.25, 0.3) is 11.1 Å². The maximum absolute atomic E-state index is 13.9. The van der Waals surface area contributed by atoms with Gasteiger partial charge in [-0.2, -0.15) is 16.1 Å². The summed E-state index contributed by atoms with van der Waals surface area (Å²) < 4.78 is 53.5. The second-order valence-corrected chi connectivity index (χ2v) is 13.0. The molecule has 2 aromatic rings. The third-order valence-electron chi connectivity index (χ3n) is 6.66. The Kier molecular flexibility index (Phi) is 8.00. The maximum Gasteiger partial charge on any atom is 0.259 e. The monoisotopic (exact) mass is 569 g/mol. The number of nitrogens with zero attached hydrogens (tertiary/aromatic N) is 3. The molecule has 1 amide bonds. The van der Waals surface area contributed by atoms with E-state index in [2.05, 4.69) is 19.4 Å². The Morgan fingerprint density at radius 1 is 1.14 bits per heavy atom. The fraction of sp³-hybridized carbons (Fsp3) is 0.522. The molecule has 0 unspecified atom stereocenters. The number of nitrogens with one attached hydrogen (secondary N) is 2. The second kappa shape index (κ2) is 11.2. The third-order valence-corrected chi connectivity index (χ3v) is 10.1. The number of hydrogen-bond donors (Lipinski definition) is 3. The Labute approximate surface area is 222 Å². The van der Waals surface area contributed by atoms with Crippen LogP contribution in [0.3, 0.4) is 0 Å². The van der Waals surface area contributed by atoms with Gasteiger partial charge in [-0.15, -0.1) is 0 Å². The molecule has 2 fully saturated rings. The van der Waals surface area contributed by atoms with Crippen LogP contribution in [0.4, 0.5) is 4.39 Å². The van der Waals surface area contributed by atoms with Gasteiger partial charge in [-0.05, 0) is 73.7 Å². The maximum atomic E-state index is 13.9. The molecular formula is C23H28FN5O5S3. The standard InChI is InChI=1S/C23H28FN5O5S3/c24-14-11-18(22(25-12-14)34-17-6-9-35-10-7-17)21(30)27-15-1-3-16(4-2-15)28-37(32,33)23-19-13-26-36-20(19)5-8-29(23)31/h5,11-13,15-17,28,31H,1-4,6-10H2,(H,27,30). The summed E-state index contributed by atoms with van der Waals surface area (Å²) >= 11 is 3.03. The lowest BCUT2D eigenvalue weighted by Crippen LogP contribution is -2.47. The van der Waals surface area contributed by atoms with Gasteiger partial charge >= 0.3 is 0 Å². The molecule has 0 spiro atoms. The van der Waals surface area contributed by atoms with Gasteiger partial charge < -0.3 is 10.1 Å². The van der Waals surface area contributed by atoms with E-state index in [1.807, 2.05) is 11.8 Å². The molecule has 1 saturated carbocycles. The van der Waals surface area contributed by atoms with E-state index < -0.39 is 21.7 Å². The molecular weight excluding hydrogens is 541 g/mol. The van der Waals surface area contributed by atoms with Crippen molar-refractivity contribution in [1.82, 2.24) is 24.5 Å². The molecule has 5 rings (SSSR count). The van der Waals surface area contributed by atoms with Gasteiger partial charge in [0.25, 0.3) is 15.9 Å². The molecule has 0 radical (unpaired) electrons. The minimum Gasteiger partial charge on any atom is -0.474 e. The summed E-state index contributed by atoms with van der Waals surface area (Å²) in [7, 11) is -3.99. The highest BCUT2D eigenvalue weighted by Gasteiger charge is 2.32. The van der Waals surface area contributed by atoms with E-state index in [4.69, 9.17) is 4.74 Å². The summed E-state index contributed by atoms with van der Waals surface area (Å²) in [5.41, 5.74) is 0.0646. The van der Waals surface area contributed by atoms with Crippen molar-refractivity contribution in [2.24, 2.45) is 0 Å². The van der Waals surface area contributed by atoms with Crippen LogP contribution in [-0.4, -0.2) is 70.2 Å². The van der Waals surface area contributed by atoms with E-state index in [9.17, 15) is 22.8 Å². The number of carbonyl (C=O) groups is 1. The third kappa shape index (κ3) is 6.08. The summed E-state index contributed by atoms with van der Waals surface area (Å²) in [5.74, 6) is 1.00. The van der Waals surface area contributed by atoms with E-state index >= 15 is 0 Å². The van der Waals surface area contributed by atoms with E-state index in [1.165, 1.54) is 17.7 Å². The zero-order valence-electron chi connectivity index (χ0n) is 19.9. The van der Waals surface area contributed by atoms with Crippen molar-refractivity contribution in [3.63, 3.8) is 0 Å². The quantitative estimate of drug-likeness (QED) is 0.449. The first-order valence-electron chi connectivity index (χ1n) is 12.1. The lowest BCUT2D eigenvalue weighted by molar-refractivity contribution is -0.0103. The van der Waals surface area contributed by atoms with Gasteiger partial charge in [-0.1, -0.05) is 0 Å². The number of ether oxygens (including phenoxy) is 1. The Hall–Kier alpha value is -2.26. The van der Waals surface area contributed by atoms with E-state index in [1.54, 1.807) is 6.08 Å². The highest BCUT2D eigenvalue weighted by Crippen LogP contribution is 2.26. The van der Waals surface area contributed by atoms with Gasteiger partial charge in [-0.3, -0.25) is 10.0 Å². The molecule has 37 heavy (non-hydrogen) atoms. The highest BCUT2D eigenvalue weighted by molar-refractivity contribution is 7.99. The highest BCUT2D eigenvalue weighted by atomic mass is 32.2. The second-order valence-electron chi connectivity index (χ2n) is 9.27. The van der Waals surface area contributed by atoms with Crippen LogP contribution in [0, 0.1) is 5.82 Å². The molecule has 2 aromatic heterocycles. The number of thioether (sulfide) groups is 1. The lowest BCUT2D eigenvalue weighted by atomic mass is 9.91. The van der Waals surface area contributed by atoms with Crippen molar-refractivity contribution in [2.45, 2.75) is 56.7 Å². The number of carbonyl (C=O) groups excluding carboxylic acids is 1. The Morgan fingerprint density at radius 2 is 1.86 bits per heavy atom. The van der Waals surface area contributed by atoms with Crippen molar-refractivity contribution >= 4 is 50.3 Å². The van der Waals surface area contributed by atoms with Gasteiger partial charge in [0.2, 0.25) is 5.88 Å². The number of sulfonamides is 1. The number of amides is 1. The number of halogens is 1. The van der Waals surface area contributed by atoms with Crippen LogP contribution >= 0.6 is 23.3 Å². The minimum absolute atomic E-state index is 0.0510. The molecule has 3 aliphatic rings. The molecule has 0 bridgehead atoms. The zero-order valence-corrected chi connectivity index (χ0v) is 22.4. The molecule has 14 heteroatoms. The first-order chi connectivity index (χ1) is 17.8. The van der Waals surface area contributed by atoms with Crippen LogP contribution in [-0.2, 0) is 10.0 Å². The number of aromatic nitrogens is 2. The summed E-state index contributed by atoms with van der Waals surface area (Å²) in [6, 6.07) is 0.593. The Morgan fingerprint density at radius 3 is 2.62 bits per heavy atom. The molecule has 0 atom stereocenters. The number of hydrogen-bond acceptors (Lipinski definition) is 10. The largest absolute Gasteiger partial charge is 0.474 e.